The van der Waals surface area contributed by atoms with Gasteiger partial charge >= 0.3 is 0 Å². The average Bonchev–Trinajstić information content (AvgIpc) is 2.28. The summed E-state index contributed by atoms with van der Waals surface area (Å²) in [6.45, 7) is 0. The van der Waals surface area contributed by atoms with E-state index in [0.717, 1.165) is 0 Å². The van der Waals surface area contributed by atoms with Crippen molar-refractivity contribution in [2.75, 3.05) is 7.11 Å². The maximum Gasteiger partial charge on any atom is 0.296 e. The molecule has 0 unspecified atom stereocenters. The molecule has 0 aromatic heterocycles. The fourth-order valence-electron chi connectivity index (χ4n) is 1.11. The van der Waals surface area contributed by atoms with Crippen molar-refractivity contribution < 1.29 is 23.1 Å². The largest absolute Gasteiger partial charge is 0.497 e. The predicted octanol–water partition coefficient (Wildman–Crippen LogP) is 2.10. The first-order chi connectivity index (χ1) is 7.54. The third-order valence-electron chi connectivity index (χ3n) is 1.99. The first kappa shape index (κ1) is 12.3. The maximum absolute atomic E-state index is 11.9. The number of carbonyl (C=O) groups is 2. The molecule has 1 aromatic carbocycles. The Morgan fingerprint density at radius 1 is 1.25 bits per heavy atom. The van der Waals surface area contributed by atoms with Gasteiger partial charge in [0.25, 0.3) is 6.43 Å². The van der Waals surface area contributed by atoms with Crippen molar-refractivity contribution in [1.82, 2.24) is 0 Å². The SMILES string of the molecule is COc1ccc(C(=O)CC(=O)C(F)F)cc1. The summed E-state index contributed by atoms with van der Waals surface area (Å²) in [5.41, 5.74) is 0.217. The lowest BCUT2D eigenvalue weighted by Crippen LogP contribution is -2.15. The third kappa shape index (κ3) is 3.12. The molecule has 0 radical (unpaired) electrons. The van der Waals surface area contributed by atoms with E-state index in [9.17, 15) is 18.4 Å². The van der Waals surface area contributed by atoms with E-state index >= 15 is 0 Å². The minimum absolute atomic E-state index is 0.217. The molecule has 0 amide bonds. The van der Waals surface area contributed by atoms with E-state index in [2.05, 4.69) is 0 Å². The van der Waals surface area contributed by atoms with Crippen molar-refractivity contribution in [3.63, 3.8) is 0 Å². The number of alkyl halides is 2. The summed E-state index contributed by atoms with van der Waals surface area (Å²) in [6.07, 6.45) is -3.87. The van der Waals surface area contributed by atoms with Crippen LogP contribution in [0.3, 0.4) is 0 Å². The van der Waals surface area contributed by atoms with Crippen molar-refractivity contribution in [1.29, 1.82) is 0 Å². The zero-order valence-electron chi connectivity index (χ0n) is 8.57. The number of hydrogen-bond acceptors (Lipinski definition) is 3. The van der Waals surface area contributed by atoms with E-state index in [0.29, 0.717) is 5.75 Å². The molecule has 0 saturated heterocycles. The normalized spacial score (nSPS) is 10.2. The van der Waals surface area contributed by atoms with Gasteiger partial charge in [-0.1, -0.05) is 0 Å². The fraction of sp³-hybridized carbons (Fsp3) is 0.273. The van der Waals surface area contributed by atoms with Crippen molar-refractivity contribution in [3.8, 4) is 5.75 Å². The van der Waals surface area contributed by atoms with Crippen LogP contribution in [0.2, 0.25) is 0 Å². The zero-order valence-corrected chi connectivity index (χ0v) is 8.57. The fourth-order valence-corrected chi connectivity index (χ4v) is 1.11. The van der Waals surface area contributed by atoms with Gasteiger partial charge in [-0.05, 0) is 24.3 Å². The summed E-state index contributed by atoms with van der Waals surface area (Å²) in [4.78, 5) is 22.0. The molecular formula is C11H10F2O3. The molecule has 0 heterocycles. The quantitative estimate of drug-likeness (QED) is 0.572. The second-order valence-corrected chi connectivity index (χ2v) is 3.10. The summed E-state index contributed by atoms with van der Waals surface area (Å²) in [5.74, 6) is -1.43. The number of halogens is 2. The van der Waals surface area contributed by atoms with Crippen molar-refractivity contribution in [2.24, 2.45) is 0 Å². The van der Waals surface area contributed by atoms with Crippen LogP contribution in [0.15, 0.2) is 24.3 Å². The Morgan fingerprint density at radius 2 is 1.81 bits per heavy atom. The van der Waals surface area contributed by atoms with E-state index in [4.69, 9.17) is 4.74 Å². The molecule has 0 aliphatic rings. The highest BCUT2D eigenvalue weighted by Crippen LogP contribution is 2.13. The average molecular weight is 228 g/mol. The standard InChI is InChI=1S/C11H10F2O3/c1-16-8-4-2-7(3-5-8)9(14)6-10(15)11(12)13/h2-5,11H,6H2,1H3. The number of ketones is 2. The van der Waals surface area contributed by atoms with Gasteiger partial charge in [-0.3, -0.25) is 9.59 Å². The van der Waals surface area contributed by atoms with Gasteiger partial charge in [0.05, 0.1) is 13.5 Å². The number of rotatable bonds is 5. The number of carbonyl (C=O) groups excluding carboxylic acids is 2. The van der Waals surface area contributed by atoms with Crippen LogP contribution in [0.4, 0.5) is 8.78 Å². The summed E-state index contributed by atoms with van der Waals surface area (Å²) >= 11 is 0. The van der Waals surface area contributed by atoms with Gasteiger partial charge < -0.3 is 4.74 Å². The summed E-state index contributed by atoms with van der Waals surface area (Å²) < 4.78 is 28.7. The first-order valence-corrected chi connectivity index (χ1v) is 4.52. The number of ether oxygens (including phenoxy) is 1. The number of methoxy groups -OCH3 is 1. The van der Waals surface area contributed by atoms with Gasteiger partial charge in [-0.15, -0.1) is 0 Å². The van der Waals surface area contributed by atoms with Gasteiger partial charge in [0, 0.05) is 5.56 Å². The van der Waals surface area contributed by atoms with Crippen LogP contribution in [0.1, 0.15) is 16.8 Å². The Kier molecular flexibility index (Phi) is 4.10. The van der Waals surface area contributed by atoms with Gasteiger partial charge in [0.2, 0.25) is 5.78 Å². The highest BCUT2D eigenvalue weighted by molar-refractivity contribution is 6.08. The maximum atomic E-state index is 11.9. The molecule has 1 rings (SSSR count). The Balaban J connectivity index is 2.70. The molecule has 0 N–H and O–H groups in total. The minimum atomic E-state index is -3.10. The molecule has 5 heteroatoms. The number of benzene rings is 1. The second kappa shape index (κ2) is 5.34. The van der Waals surface area contributed by atoms with Crippen LogP contribution in [-0.4, -0.2) is 25.1 Å². The molecule has 0 aliphatic heterocycles. The molecule has 0 spiro atoms. The molecular weight excluding hydrogens is 218 g/mol. The highest BCUT2D eigenvalue weighted by Gasteiger charge is 2.19. The molecule has 16 heavy (non-hydrogen) atoms. The lowest BCUT2D eigenvalue weighted by Gasteiger charge is -2.02. The molecule has 0 aliphatic carbocycles. The van der Waals surface area contributed by atoms with E-state index in [1.165, 1.54) is 31.4 Å². The van der Waals surface area contributed by atoms with Gasteiger partial charge in [0.1, 0.15) is 5.75 Å². The molecule has 0 saturated carbocycles. The predicted molar refractivity (Wildman–Crippen MR) is 53.0 cm³/mol. The Labute approximate surface area is 91.0 Å². The summed E-state index contributed by atoms with van der Waals surface area (Å²) in [5, 5.41) is 0. The lowest BCUT2D eigenvalue weighted by atomic mass is 10.1. The monoisotopic (exact) mass is 228 g/mol. The smallest absolute Gasteiger partial charge is 0.296 e. The minimum Gasteiger partial charge on any atom is -0.497 e. The number of hydrogen-bond donors (Lipinski definition) is 0. The van der Waals surface area contributed by atoms with Crippen LogP contribution in [0.5, 0.6) is 5.75 Å². The van der Waals surface area contributed by atoms with Crippen LogP contribution >= 0.6 is 0 Å². The van der Waals surface area contributed by atoms with Gasteiger partial charge in [-0.25, -0.2) is 8.78 Å². The lowest BCUT2D eigenvalue weighted by molar-refractivity contribution is -0.128. The first-order valence-electron chi connectivity index (χ1n) is 4.52. The van der Waals surface area contributed by atoms with E-state index in [1.54, 1.807) is 0 Å². The molecule has 0 atom stereocenters. The Morgan fingerprint density at radius 3 is 2.25 bits per heavy atom. The Hall–Kier alpha value is -1.78. The van der Waals surface area contributed by atoms with Gasteiger partial charge in [-0.2, -0.15) is 0 Å². The molecule has 0 fully saturated rings. The van der Waals surface area contributed by atoms with Crippen LogP contribution in [-0.2, 0) is 4.79 Å². The highest BCUT2D eigenvalue weighted by atomic mass is 19.3. The number of Topliss-reactive ketones (excluding diaryl/α,β-unsaturated/α-hetero) is 2. The second-order valence-electron chi connectivity index (χ2n) is 3.10. The molecule has 86 valence electrons. The topological polar surface area (TPSA) is 43.4 Å². The zero-order chi connectivity index (χ0) is 12.1. The van der Waals surface area contributed by atoms with Crippen molar-refractivity contribution in [2.45, 2.75) is 12.8 Å². The molecule has 0 bridgehead atoms. The van der Waals surface area contributed by atoms with E-state index in [1.807, 2.05) is 0 Å². The van der Waals surface area contributed by atoms with Gasteiger partial charge in [0.15, 0.2) is 5.78 Å². The van der Waals surface area contributed by atoms with E-state index < -0.39 is 24.4 Å². The summed E-state index contributed by atoms with van der Waals surface area (Å²) in [6, 6.07) is 5.92. The summed E-state index contributed by atoms with van der Waals surface area (Å²) in [7, 11) is 1.47. The molecule has 3 nitrogen and oxygen atoms in total. The Bertz CT molecular complexity index is 385. The van der Waals surface area contributed by atoms with Crippen molar-refractivity contribution >= 4 is 11.6 Å². The van der Waals surface area contributed by atoms with Crippen LogP contribution < -0.4 is 4.74 Å². The molecule has 1 aromatic rings. The van der Waals surface area contributed by atoms with Crippen molar-refractivity contribution in [3.05, 3.63) is 29.8 Å². The van der Waals surface area contributed by atoms with Crippen LogP contribution in [0.25, 0.3) is 0 Å². The van der Waals surface area contributed by atoms with Crippen LogP contribution in [0, 0.1) is 0 Å². The van der Waals surface area contributed by atoms with E-state index in [-0.39, 0.29) is 5.56 Å². The third-order valence-corrected chi connectivity index (χ3v) is 1.99.